The van der Waals surface area contributed by atoms with Crippen molar-refractivity contribution in [2.45, 2.75) is 18.2 Å². The summed E-state index contributed by atoms with van der Waals surface area (Å²) in [6, 6.07) is 7.57. The Kier molecular flexibility index (Phi) is 4.09. The quantitative estimate of drug-likeness (QED) is 0.808. The van der Waals surface area contributed by atoms with Crippen LogP contribution in [0.25, 0.3) is 0 Å². The number of benzene rings is 1. The fourth-order valence-corrected chi connectivity index (χ4v) is 2.40. The van der Waals surface area contributed by atoms with Gasteiger partial charge in [0.15, 0.2) is 11.1 Å². The molecule has 0 amide bonds. The third-order valence-corrected chi connectivity index (χ3v) is 3.66. The Balaban J connectivity index is 1.85. The first-order valence-corrected chi connectivity index (χ1v) is 6.52. The molecular formula is C12H16O3S. The molecule has 2 unspecified atom stereocenters. The molecule has 4 heteroatoms. The number of aryl methyl sites for hydroxylation is 1. The van der Waals surface area contributed by atoms with E-state index in [0.717, 1.165) is 30.1 Å². The van der Waals surface area contributed by atoms with Crippen LogP contribution in [-0.4, -0.2) is 24.0 Å². The van der Waals surface area contributed by atoms with Gasteiger partial charge in [0.05, 0.1) is 18.1 Å². The number of hydrogen-bond acceptors (Lipinski definition) is 3. The zero-order valence-electron chi connectivity index (χ0n) is 9.35. The minimum atomic E-state index is -1.34. The van der Waals surface area contributed by atoms with E-state index in [0.29, 0.717) is 12.5 Å². The van der Waals surface area contributed by atoms with Gasteiger partial charge in [-0.3, -0.25) is 4.18 Å². The molecule has 0 saturated carbocycles. The second-order valence-electron chi connectivity index (χ2n) is 4.06. The highest BCUT2D eigenvalue weighted by Crippen LogP contribution is 2.15. The third-order valence-electron chi connectivity index (χ3n) is 2.65. The summed E-state index contributed by atoms with van der Waals surface area (Å²) in [6.07, 6.45) is 1.01. The van der Waals surface area contributed by atoms with E-state index in [2.05, 4.69) is 0 Å². The molecule has 1 aliphatic rings. The summed E-state index contributed by atoms with van der Waals surface area (Å²) >= 11 is -1.34. The smallest absolute Gasteiger partial charge is 0.189 e. The molecule has 2 atom stereocenters. The summed E-state index contributed by atoms with van der Waals surface area (Å²) in [7, 11) is 0. The lowest BCUT2D eigenvalue weighted by atomic mass is 10.1. The van der Waals surface area contributed by atoms with E-state index in [1.54, 1.807) is 0 Å². The zero-order valence-corrected chi connectivity index (χ0v) is 10.2. The molecule has 16 heavy (non-hydrogen) atoms. The predicted molar refractivity (Wildman–Crippen MR) is 62.5 cm³/mol. The Hall–Kier alpha value is -0.710. The van der Waals surface area contributed by atoms with Crippen molar-refractivity contribution in [3.8, 4) is 0 Å². The van der Waals surface area contributed by atoms with Crippen LogP contribution < -0.4 is 0 Å². The van der Waals surface area contributed by atoms with E-state index in [-0.39, 0.29) is 0 Å². The molecule has 0 spiro atoms. The van der Waals surface area contributed by atoms with Crippen LogP contribution in [-0.2, 0) is 20.0 Å². The van der Waals surface area contributed by atoms with Gasteiger partial charge in [-0.25, -0.2) is 4.21 Å². The summed E-state index contributed by atoms with van der Waals surface area (Å²) < 4.78 is 22.3. The zero-order chi connectivity index (χ0) is 11.4. The number of rotatable bonds is 4. The van der Waals surface area contributed by atoms with E-state index < -0.39 is 11.1 Å². The molecule has 1 aromatic rings. The van der Waals surface area contributed by atoms with Crippen molar-refractivity contribution in [3.05, 3.63) is 29.8 Å². The molecule has 1 fully saturated rings. The molecule has 88 valence electrons. The fraction of sp³-hybridized carbons (Fsp3) is 0.500. The van der Waals surface area contributed by atoms with Crippen LogP contribution in [0.3, 0.4) is 0 Å². The van der Waals surface area contributed by atoms with Gasteiger partial charge in [-0.15, -0.1) is 0 Å². The molecule has 0 radical (unpaired) electrons. The lowest BCUT2D eigenvalue weighted by Gasteiger charge is -2.07. The second-order valence-corrected chi connectivity index (χ2v) is 5.24. The van der Waals surface area contributed by atoms with Crippen molar-refractivity contribution in [3.63, 3.8) is 0 Å². The number of hydrogen-bond donors (Lipinski definition) is 0. The highest BCUT2D eigenvalue weighted by atomic mass is 32.2. The molecule has 3 nitrogen and oxygen atoms in total. The minimum Gasteiger partial charge on any atom is -0.381 e. The summed E-state index contributed by atoms with van der Waals surface area (Å²) in [5.74, 6) is 0.398. The van der Waals surface area contributed by atoms with Crippen LogP contribution in [0.1, 0.15) is 12.0 Å². The Morgan fingerprint density at radius 2 is 2.19 bits per heavy atom. The highest BCUT2D eigenvalue weighted by molar-refractivity contribution is 7.80. The van der Waals surface area contributed by atoms with Gasteiger partial charge in [-0.2, -0.15) is 0 Å². The van der Waals surface area contributed by atoms with Gasteiger partial charge in [0.2, 0.25) is 0 Å². The maximum absolute atomic E-state index is 11.8. The Labute approximate surface area is 98.4 Å². The van der Waals surface area contributed by atoms with Crippen molar-refractivity contribution in [2.75, 3.05) is 19.8 Å². The normalized spacial score (nSPS) is 22.2. The van der Waals surface area contributed by atoms with Crippen LogP contribution in [0.2, 0.25) is 0 Å². The van der Waals surface area contributed by atoms with Crippen molar-refractivity contribution in [2.24, 2.45) is 5.92 Å². The average molecular weight is 240 g/mol. The molecule has 0 aromatic heterocycles. The van der Waals surface area contributed by atoms with Crippen LogP contribution in [0.5, 0.6) is 0 Å². The van der Waals surface area contributed by atoms with Crippen LogP contribution in [0, 0.1) is 12.8 Å². The molecule has 0 aliphatic carbocycles. The molecule has 1 aromatic carbocycles. The topological polar surface area (TPSA) is 35.5 Å². The Bertz CT molecular complexity index is 355. The average Bonchev–Trinajstić information content (AvgIpc) is 2.80. The van der Waals surface area contributed by atoms with E-state index >= 15 is 0 Å². The van der Waals surface area contributed by atoms with Crippen molar-refractivity contribution in [1.82, 2.24) is 0 Å². The maximum Gasteiger partial charge on any atom is 0.189 e. The van der Waals surface area contributed by atoms with Crippen molar-refractivity contribution >= 4 is 11.1 Å². The van der Waals surface area contributed by atoms with Gasteiger partial charge in [0.25, 0.3) is 0 Å². The summed E-state index contributed by atoms with van der Waals surface area (Å²) in [4.78, 5) is 0.726. The Morgan fingerprint density at radius 1 is 1.44 bits per heavy atom. The van der Waals surface area contributed by atoms with E-state index in [4.69, 9.17) is 8.92 Å². The van der Waals surface area contributed by atoms with E-state index in [9.17, 15) is 4.21 Å². The van der Waals surface area contributed by atoms with Crippen LogP contribution in [0.15, 0.2) is 29.2 Å². The molecule has 0 bridgehead atoms. The molecule has 0 N–H and O–H groups in total. The van der Waals surface area contributed by atoms with E-state index in [1.165, 1.54) is 0 Å². The maximum atomic E-state index is 11.8. The molecule has 1 saturated heterocycles. The van der Waals surface area contributed by atoms with Crippen LogP contribution in [0.4, 0.5) is 0 Å². The van der Waals surface area contributed by atoms with Crippen molar-refractivity contribution < 1.29 is 13.1 Å². The first kappa shape index (κ1) is 11.8. The molecule has 1 heterocycles. The lowest BCUT2D eigenvalue weighted by Crippen LogP contribution is -2.10. The SMILES string of the molecule is Cc1ccc(S(=O)OCC2CCOC2)cc1. The second kappa shape index (κ2) is 5.57. The van der Waals surface area contributed by atoms with Gasteiger partial charge in [-0.05, 0) is 25.5 Å². The monoisotopic (exact) mass is 240 g/mol. The van der Waals surface area contributed by atoms with Crippen LogP contribution >= 0.6 is 0 Å². The van der Waals surface area contributed by atoms with Gasteiger partial charge < -0.3 is 4.74 Å². The first-order chi connectivity index (χ1) is 7.75. The third kappa shape index (κ3) is 3.14. The first-order valence-electron chi connectivity index (χ1n) is 5.45. The number of ether oxygens (including phenoxy) is 1. The summed E-state index contributed by atoms with van der Waals surface area (Å²) in [5, 5.41) is 0. The van der Waals surface area contributed by atoms with Gasteiger partial charge >= 0.3 is 0 Å². The summed E-state index contributed by atoms with van der Waals surface area (Å²) in [5.41, 5.74) is 1.16. The Morgan fingerprint density at radius 3 is 2.81 bits per heavy atom. The molecular weight excluding hydrogens is 224 g/mol. The molecule has 2 rings (SSSR count). The van der Waals surface area contributed by atoms with E-state index in [1.807, 2.05) is 31.2 Å². The van der Waals surface area contributed by atoms with Gasteiger partial charge in [0.1, 0.15) is 0 Å². The molecule has 1 aliphatic heterocycles. The predicted octanol–water partition coefficient (Wildman–Crippen LogP) is 2.07. The lowest BCUT2D eigenvalue weighted by molar-refractivity contribution is 0.171. The summed E-state index contributed by atoms with van der Waals surface area (Å²) in [6.45, 7) is 4.04. The highest BCUT2D eigenvalue weighted by Gasteiger charge is 2.17. The minimum absolute atomic E-state index is 0.398. The largest absolute Gasteiger partial charge is 0.381 e. The fourth-order valence-electron chi connectivity index (χ4n) is 1.59. The van der Waals surface area contributed by atoms with Gasteiger partial charge in [0, 0.05) is 12.5 Å². The van der Waals surface area contributed by atoms with Gasteiger partial charge in [-0.1, -0.05) is 17.7 Å². The standard InChI is InChI=1S/C12H16O3S/c1-10-2-4-12(5-3-10)16(13)15-9-11-6-7-14-8-11/h2-5,11H,6-9H2,1H3. The van der Waals surface area contributed by atoms with Crippen molar-refractivity contribution in [1.29, 1.82) is 0 Å².